The van der Waals surface area contributed by atoms with Gasteiger partial charge in [-0.15, -0.1) is 0 Å². The minimum absolute atomic E-state index is 0.238. The van der Waals surface area contributed by atoms with Gasteiger partial charge in [-0.2, -0.15) is 0 Å². The maximum atomic E-state index is 5.37. The van der Waals surface area contributed by atoms with Crippen LogP contribution in [-0.4, -0.2) is 19.0 Å². The maximum absolute atomic E-state index is 5.37. The molecule has 0 aromatic rings. The van der Waals surface area contributed by atoms with Gasteiger partial charge in [-0.05, 0) is 39.5 Å². The van der Waals surface area contributed by atoms with Gasteiger partial charge in [-0.3, -0.25) is 0 Å². The second-order valence-corrected chi connectivity index (χ2v) is 5.99. The average Bonchev–Trinajstić information content (AvgIpc) is 2.28. The minimum atomic E-state index is -0.258. The van der Waals surface area contributed by atoms with E-state index in [1.165, 1.54) is 38.5 Å². The molecule has 0 saturated heterocycles. The van der Waals surface area contributed by atoms with Gasteiger partial charge in [-0.1, -0.05) is 32.1 Å². The van der Waals surface area contributed by atoms with E-state index in [1.54, 1.807) is 0 Å². The van der Waals surface area contributed by atoms with Crippen molar-refractivity contribution < 1.29 is 14.5 Å². The molecule has 0 aromatic heterocycles. The molecule has 0 heterocycles. The van der Waals surface area contributed by atoms with Crippen LogP contribution in [0.5, 0.6) is 0 Å². The first-order chi connectivity index (χ1) is 8.08. The molecule has 0 spiro atoms. The van der Waals surface area contributed by atoms with Crippen molar-refractivity contribution >= 4 is 0 Å². The topological polar surface area (TPSA) is 27.7 Å². The third-order valence-corrected chi connectivity index (χ3v) is 3.07. The van der Waals surface area contributed by atoms with Gasteiger partial charge in [0.15, 0.2) is 6.79 Å². The van der Waals surface area contributed by atoms with Crippen molar-refractivity contribution in [3.05, 3.63) is 0 Å². The molecule has 0 amide bonds. The second kappa shape index (κ2) is 8.06. The fourth-order valence-corrected chi connectivity index (χ4v) is 2.24. The molecule has 17 heavy (non-hydrogen) atoms. The second-order valence-electron chi connectivity index (χ2n) is 5.99. The van der Waals surface area contributed by atoms with Crippen LogP contribution in [0.25, 0.3) is 0 Å². The van der Waals surface area contributed by atoms with Gasteiger partial charge in [0, 0.05) is 6.61 Å². The predicted octanol–water partition coefficient (Wildman–Crippen LogP) is 4.07. The monoisotopic (exact) mass is 244 g/mol. The molecule has 3 heteroatoms. The summed E-state index contributed by atoms with van der Waals surface area (Å²) in [4.78, 5) is 10.1. The smallest absolute Gasteiger partial charge is 0.180 e. The highest BCUT2D eigenvalue weighted by molar-refractivity contribution is 4.65. The summed E-state index contributed by atoms with van der Waals surface area (Å²) < 4.78 is 5.37. The van der Waals surface area contributed by atoms with Gasteiger partial charge < -0.3 is 4.74 Å². The van der Waals surface area contributed by atoms with Crippen LogP contribution in [-0.2, 0) is 14.5 Å². The Morgan fingerprint density at radius 2 is 1.76 bits per heavy atom. The highest BCUT2D eigenvalue weighted by atomic mass is 17.2. The Hall–Kier alpha value is -0.120. The van der Waals surface area contributed by atoms with Crippen molar-refractivity contribution in [1.82, 2.24) is 0 Å². The summed E-state index contributed by atoms with van der Waals surface area (Å²) in [6.07, 6.45) is 9.57. The van der Waals surface area contributed by atoms with E-state index in [-0.39, 0.29) is 12.4 Å². The van der Waals surface area contributed by atoms with Crippen molar-refractivity contribution in [1.29, 1.82) is 0 Å². The molecule has 1 fully saturated rings. The van der Waals surface area contributed by atoms with Crippen LogP contribution in [0.1, 0.15) is 65.7 Å². The lowest BCUT2D eigenvalue weighted by atomic mass is 9.86. The summed E-state index contributed by atoms with van der Waals surface area (Å²) in [5.41, 5.74) is -0.258. The quantitative estimate of drug-likeness (QED) is 0.292. The zero-order chi connectivity index (χ0) is 12.6. The molecule has 0 aromatic carbocycles. The lowest BCUT2D eigenvalue weighted by Crippen LogP contribution is -2.20. The lowest BCUT2D eigenvalue weighted by molar-refractivity contribution is -0.380. The summed E-state index contributed by atoms with van der Waals surface area (Å²) in [6.45, 7) is 6.88. The number of rotatable bonds is 7. The summed E-state index contributed by atoms with van der Waals surface area (Å²) in [6, 6.07) is 0. The first kappa shape index (κ1) is 14.9. The third kappa shape index (κ3) is 8.58. The fraction of sp³-hybridized carbons (Fsp3) is 1.00. The van der Waals surface area contributed by atoms with E-state index in [2.05, 4.69) is 0 Å². The molecule has 1 aliphatic rings. The molecule has 0 atom stereocenters. The highest BCUT2D eigenvalue weighted by Gasteiger charge is 2.13. The Morgan fingerprint density at radius 1 is 1.06 bits per heavy atom. The molecule has 0 bridgehead atoms. The van der Waals surface area contributed by atoms with Gasteiger partial charge in [0.2, 0.25) is 0 Å². The molecule has 1 aliphatic carbocycles. The van der Waals surface area contributed by atoms with Crippen molar-refractivity contribution in [2.24, 2.45) is 5.92 Å². The molecule has 1 rings (SSSR count). The van der Waals surface area contributed by atoms with Crippen LogP contribution in [0.2, 0.25) is 0 Å². The molecule has 0 radical (unpaired) electrons. The SMILES string of the molecule is CC(C)(C)OOCOCCCC1CCCCC1. The minimum Gasteiger partial charge on any atom is -0.352 e. The summed E-state index contributed by atoms with van der Waals surface area (Å²) in [7, 11) is 0. The van der Waals surface area contributed by atoms with E-state index in [4.69, 9.17) is 14.5 Å². The van der Waals surface area contributed by atoms with Crippen LogP contribution in [0.15, 0.2) is 0 Å². The highest BCUT2D eigenvalue weighted by Crippen LogP contribution is 2.27. The summed E-state index contributed by atoms with van der Waals surface area (Å²) in [5.74, 6) is 0.944. The maximum Gasteiger partial charge on any atom is 0.180 e. The molecule has 102 valence electrons. The number of hydrogen-bond donors (Lipinski definition) is 0. The zero-order valence-electron chi connectivity index (χ0n) is 11.7. The van der Waals surface area contributed by atoms with Crippen LogP contribution >= 0.6 is 0 Å². The molecule has 0 N–H and O–H groups in total. The number of hydrogen-bond acceptors (Lipinski definition) is 3. The van der Waals surface area contributed by atoms with E-state index in [0.717, 1.165) is 18.9 Å². The Balaban J connectivity index is 1.84. The predicted molar refractivity (Wildman–Crippen MR) is 68.6 cm³/mol. The van der Waals surface area contributed by atoms with Crippen LogP contribution < -0.4 is 0 Å². The summed E-state index contributed by atoms with van der Waals surface area (Å²) in [5, 5.41) is 0. The van der Waals surface area contributed by atoms with E-state index in [0.29, 0.717) is 0 Å². The number of ether oxygens (including phenoxy) is 1. The van der Waals surface area contributed by atoms with Gasteiger partial charge >= 0.3 is 0 Å². The van der Waals surface area contributed by atoms with Crippen molar-refractivity contribution in [2.45, 2.75) is 71.3 Å². The Bertz CT molecular complexity index is 180. The van der Waals surface area contributed by atoms with Gasteiger partial charge in [0.1, 0.15) is 0 Å². The fourth-order valence-electron chi connectivity index (χ4n) is 2.24. The van der Waals surface area contributed by atoms with Crippen molar-refractivity contribution in [2.75, 3.05) is 13.4 Å². The van der Waals surface area contributed by atoms with E-state index in [1.807, 2.05) is 20.8 Å². The van der Waals surface area contributed by atoms with Crippen LogP contribution in [0, 0.1) is 5.92 Å². The van der Waals surface area contributed by atoms with Gasteiger partial charge in [0.25, 0.3) is 0 Å². The zero-order valence-corrected chi connectivity index (χ0v) is 11.7. The van der Waals surface area contributed by atoms with Crippen LogP contribution in [0.4, 0.5) is 0 Å². The summed E-state index contributed by atoms with van der Waals surface area (Å²) >= 11 is 0. The molecule has 3 nitrogen and oxygen atoms in total. The molecule has 0 unspecified atom stereocenters. The van der Waals surface area contributed by atoms with Crippen molar-refractivity contribution in [3.8, 4) is 0 Å². The average molecular weight is 244 g/mol. The van der Waals surface area contributed by atoms with Crippen LogP contribution in [0.3, 0.4) is 0 Å². The van der Waals surface area contributed by atoms with E-state index < -0.39 is 0 Å². The van der Waals surface area contributed by atoms with E-state index in [9.17, 15) is 0 Å². The Morgan fingerprint density at radius 3 is 2.41 bits per heavy atom. The molecule has 0 aliphatic heterocycles. The van der Waals surface area contributed by atoms with E-state index >= 15 is 0 Å². The van der Waals surface area contributed by atoms with Gasteiger partial charge in [0.05, 0.1) is 5.60 Å². The molecule has 1 saturated carbocycles. The van der Waals surface area contributed by atoms with Crippen molar-refractivity contribution in [3.63, 3.8) is 0 Å². The molecular formula is C14H28O3. The molecular weight excluding hydrogens is 216 g/mol. The van der Waals surface area contributed by atoms with Gasteiger partial charge in [-0.25, -0.2) is 9.78 Å². The Labute approximate surface area is 106 Å². The Kier molecular flexibility index (Phi) is 7.09. The normalized spacial score (nSPS) is 18.5. The largest absolute Gasteiger partial charge is 0.352 e. The first-order valence-corrected chi connectivity index (χ1v) is 6.96. The standard InChI is InChI=1S/C14H28O3/c1-14(2,3)17-16-12-15-11-7-10-13-8-5-4-6-9-13/h13H,4-12H2,1-3H3. The third-order valence-electron chi connectivity index (χ3n) is 3.07. The first-order valence-electron chi connectivity index (χ1n) is 6.96. The lowest BCUT2D eigenvalue weighted by Gasteiger charge is -2.21.